The smallest absolute Gasteiger partial charge is 0.0411 e. The van der Waals surface area contributed by atoms with E-state index in [0.29, 0.717) is 0 Å². The van der Waals surface area contributed by atoms with Crippen LogP contribution in [0.25, 0.3) is 22.3 Å². The maximum atomic E-state index is 2.37. The summed E-state index contributed by atoms with van der Waals surface area (Å²) in [6.07, 6.45) is 0. The molecule has 1 nitrogen and oxygen atoms in total. The molecule has 0 saturated heterocycles. The van der Waals surface area contributed by atoms with Gasteiger partial charge >= 0.3 is 0 Å². The van der Waals surface area contributed by atoms with Crippen molar-refractivity contribution in [3.8, 4) is 22.3 Å². The van der Waals surface area contributed by atoms with E-state index < -0.39 is 0 Å². The summed E-state index contributed by atoms with van der Waals surface area (Å²) >= 11 is 0. The Morgan fingerprint density at radius 2 is 1.10 bits per heavy atom. The zero-order valence-corrected chi connectivity index (χ0v) is 19.0. The highest BCUT2D eigenvalue weighted by Crippen LogP contribution is 2.49. The summed E-state index contributed by atoms with van der Waals surface area (Å²) in [7, 11) is 2.17. The summed E-state index contributed by atoms with van der Waals surface area (Å²) in [4.78, 5) is 2.30. The van der Waals surface area contributed by atoms with Crippen molar-refractivity contribution in [3.05, 3.63) is 107 Å². The van der Waals surface area contributed by atoms with Crippen LogP contribution in [0.2, 0.25) is 0 Å². The predicted octanol–water partition coefficient (Wildman–Crippen LogP) is 8.04. The van der Waals surface area contributed by atoms with Crippen LogP contribution in [-0.2, 0) is 5.41 Å². The Morgan fingerprint density at radius 3 is 1.81 bits per heavy atom. The first-order valence-corrected chi connectivity index (χ1v) is 11.0. The van der Waals surface area contributed by atoms with Crippen molar-refractivity contribution in [1.82, 2.24) is 0 Å². The molecule has 0 N–H and O–H groups in total. The van der Waals surface area contributed by atoms with Gasteiger partial charge in [0.2, 0.25) is 0 Å². The van der Waals surface area contributed by atoms with Gasteiger partial charge in [0.25, 0.3) is 0 Å². The van der Waals surface area contributed by atoms with Crippen molar-refractivity contribution in [2.24, 2.45) is 0 Å². The summed E-state index contributed by atoms with van der Waals surface area (Å²) in [6.45, 7) is 9.06. The fraction of sp³-hybridized carbons (Fsp3) is 0.200. The van der Waals surface area contributed by atoms with E-state index in [9.17, 15) is 0 Å². The second kappa shape index (κ2) is 7.13. The van der Waals surface area contributed by atoms with Crippen LogP contribution in [0, 0.1) is 13.8 Å². The molecule has 4 aromatic carbocycles. The minimum atomic E-state index is 0.0212. The average Bonchev–Trinajstić information content (AvgIpc) is 3.01. The third-order valence-electron chi connectivity index (χ3n) is 6.99. The molecule has 1 aliphatic carbocycles. The Kier molecular flexibility index (Phi) is 4.51. The van der Waals surface area contributed by atoms with Gasteiger partial charge in [0.1, 0.15) is 0 Å². The van der Waals surface area contributed by atoms with E-state index in [1.54, 1.807) is 0 Å². The van der Waals surface area contributed by atoms with Crippen LogP contribution in [0.4, 0.5) is 11.4 Å². The molecule has 1 aliphatic rings. The van der Waals surface area contributed by atoms with Crippen LogP contribution < -0.4 is 4.90 Å². The number of rotatable bonds is 3. The highest BCUT2D eigenvalue weighted by atomic mass is 15.1. The van der Waals surface area contributed by atoms with Crippen LogP contribution in [-0.4, -0.2) is 7.05 Å². The van der Waals surface area contributed by atoms with E-state index in [2.05, 4.69) is 125 Å². The molecule has 154 valence electrons. The Hall–Kier alpha value is -3.32. The van der Waals surface area contributed by atoms with Gasteiger partial charge in [-0.05, 0) is 82.6 Å². The topological polar surface area (TPSA) is 3.24 Å². The Labute approximate surface area is 186 Å². The molecule has 0 bridgehead atoms. The Morgan fingerprint density at radius 1 is 0.548 bits per heavy atom. The maximum absolute atomic E-state index is 2.37. The molecule has 0 amide bonds. The minimum absolute atomic E-state index is 0.0212. The summed E-state index contributed by atoms with van der Waals surface area (Å²) in [5.41, 5.74) is 13.2. The highest BCUT2D eigenvalue weighted by Gasteiger charge is 2.35. The zero-order valence-electron chi connectivity index (χ0n) is 19.0. The van der Waals surface area contributed by atoms with Crippen molar-refractivity contribution < 1.29 is 0 Å². The molecular weight excluding hydrogens is 374 g/mol. The van der Waals surface area contributed by atoms with Crippen molar-refractivity contribution in [2.45, 2.75) is 33.1 Å². The minimum Gasteiger partial charge on any atom is -0.345 e. The van der Waals surface area contributed by atoms with Crippen LogP contribution in [0.1, 0.15) is 36.1 Å². The van der Waals surface area contributed by atoms with E-state index in [4.69, 9.17) is 0 Å². The number of fused-ring (bicyclic) bond motifs is 3. The second-order valence-electron chi connectivity index (χ2n) is 9.27. The standard InChI is InChI=1S/C30H29N/c1-20-10-6-7-11-24(20)25-16-14-22(18-21(25)2)31(5)23-15-17-27-26-12-8-9-13-28(26)30(3,4)29(27)19-23/h6-19H,1-5H3. The SMILES string of the molecule is Cc1ccccc1-c1ccc(N(C)c2ccc3c(c2)C(C)(C)c2ccccc2-3)cc1C. The fourth-order valence-corrected chi connectivity index (χ4v) is 5.08. The number of anilines is 2. The van der Waals surface area contributed by atoms with Crippen LogP contribution >= 0.6 is 0 Å². The lowest BCUT2D eigenvalue weighted by Crippen LogP contribution is -2.16. The van der Waals surface area contributed by atoms with Crippen molar-refractivity contribution in [1.29, 1.82) is 0 Å². The summed E-state index contributed by atoms with van der Waals surface area (Å²) in [5.74, 6) is 0. The number of benzene rings is 4. The lowest BCUT2D eigenvalue weighted by atomic mass is 9.82. The third kappa shape index (κ3) is 3.08. The van der Waals surface area contributed by atoms with Crippen molar-refractivity contribution in [2.75, 3.05) is 11.9 Å². The molecule has 4 aromatic rings. The molecular formula is C30H29N. The van der Waals surface area contributed by atoms with E-state index in [-0.39, 0.29) is 5.41 Å². The van der Waals surface area contributed by atoms with Gasteiger partial charge in [-0.15, -0.1) is 0 Å². The summed E-state index contributed by atoms with van der Waals surface area (Å²) in [6, 6.07) is 31.1. The van der Waals surface area contributed by atoms with Gasteiger partial charge in [-0.1, -0.05) is 74.5 Å². The highest BCUT2D eigenvalue weighted by molar-refractivity contribution is 5.83. The van der Waals surface area contributed by atoms with Gasteiger partial charge in [-0.2, -0.15) is 0 Å². The van der Waals surface area contributed by atoms with E-state index >= 15 is 0 Å². The van der Waals surface area contributed by atoms with E-state index in [1.165, 1.54) is 55.9 Å². The largest absolute Gasteiger partial charge is 0.345 e. The fourth-order valence-electron chi connectivity index (χ4n) is 5.08. The molecule has 0 heterocycles. The monoisotopic (exact) mass is 403 g/mol. The van der Waals surface area contributed by atoms with Crippen LogP contribution in [0.5, 0.6) is 0 Å². The quantitative estimate of drug-likeness (QED) is 0.334. The Balaban J connectivity index is 1.52. The third-order valence-corrected chi connectivity index (χ3v) is 6.99. The zero-order chi connectivity index (χ0) is 21.8. The van der Waals surface area contributed by atoms with Crippen LogP contribution in [0.3, 0.4) is 0 Å². The molecule has 31 heavy (non-hydrogen) atoms. The molecule has 0 aromatic heterocycles. The first kappa shape index (κ1) is 19.6. The number of aryl methyl sites for hydroxylation is 2. The number of hydrogen-bond acceptors (Lipinski definition) is 1. The summed E-state index contributed by atoms with van der Waals surface area (Å²) < 4.78 is 0. The molecule has 0 unspecified atom stereocenters. The molecule has 1 heteroatoms. The van der Waals surface area contributed by atoms with E-state index in [1.807, 2.05) is 0 Å². The van der Waals surface area contributed by atoms with Gasteiger partial charge in [0, 0.05) is 23.8 Å². The van der Waals surface area contributed by atoms with Gasteiger partial charge in [-0.25, -0.2) is 0 Å². The molecule has 0 radical (unpaired) electrons. The van der Waals surface area contributed by atoms with Crippen LogP contribution in [0.15, 0.2) is 84.9 Å². The molecule has 0 atom stereocenters. The van der Waals surface area contributed by atoms with Gasteiger partial charge in [0.15, 0.2) is 0 Å². The molecule has 0 saturated carbocycles. The lowest BCUT2D eigenvalue weighted by molar-refractivity contribution is 0.660. The van der Waals surface area contributed by atoms with Gasteiger partial charge in [0.05, 0.1) is 0 Å². The predicted molar refractivity (Wildman–Crippen MR) is 133 cm³/mol. The first-order chi connectivity index (χ1) is 14.9. The van der Waals surface area contributed by atoms with Crippen molar-refractivity contribution in [3.63, 3.8) is 0 Å². The normalized spacial score (nSPS) is 13.6. The summed E-state index contributed by atoms with van der Waals surface area (Å²) in [5, 5.41) is 0. The first-order valence-electron chi connectivity index (χ1n) is 11.0. The average molecular weight is 404 g/mol. The number of hydrogen-bond donors (Lipinski definition) is 0. The maximum Gasteiger partial charge on any atom is 0.0411 e. The number of nitrogens with zero attached hydrogens (tertiary/aromatic N) is 1. The molecule has 0 aliphatic heterocycles. The second-order valence-corrected chi connectivity index (χ2v) is 9.27. The molecule has 0 fully saturated rings. The van der Waals surface area contributed by atoms with E-state index in [0.717, 1.165) is 0 Å². The molecule has 0 spiro atoms. The molecule has 5 rings (SSSR count). The lowest BCUT2D eigenvalue weighted by Gasteiger charge is -2.25. The van der Waals surface area contributed by atoms with Gasteiger partial charge in [-0.3, -0.25) is 0 Å². The van der Waals surface area contributed by atoms with Gasteiger partial charge < -0.3 is 4.90 Å². The Bertz CT molecular complexity index is 1300. The van der Waals surface area contributed by atoms with Crippen molar-refractivity contribution >= 4 is 11.4 Å².